The molecule has 6 nitrogen and oxygen atoms in total. The van der Waals surface area contributed by atoms with Crippen molar-refractivity contribution in [2.24, 2.45) is 0 Å². The van der Waals surface area contributed by atoms with E-state index in [2.05, 4.69) is 15.5 Å². The third kappa shape index (κ3) is 4.36. The fourth-order valence-electron chi connectivity index (χ4n) is 3.64. The number of carbonyl (C=O) groups is 1. The molecule has 1 atom stereocenters. The summed E-state index contributed by atoms with van der Waals surface area (Å²) in [4.78, 5) is 19.6. The Bertz CT molecular complexity index is 1270. The summed E-state index contributed by atoms with van der Waals surface area (Å²) in [6, 6.07) is 13.5. The molecule has 4 rings (SSSR count). The Morgan fingerprint density at radius 2 is 1.84 bits per heavy atom. The first-order valence-corrected chi connectivity index (χ1v) is 10.1. The SMILES string of the molecule is Cc1noc2nc(-c3ccc(F)cc3)cc(C(=O)NCC(c3cccc(F)c3)N(C)C)c12. The molecule has 32 heavy (non-hydrogen) atoms. The summed E-state index contributed by atoms with van der Waals surface area (Å²) >= 11 is 0. The first-order valence-electron chi connectivity index (χ1n) is 10.1. The number of likely N-dealkylation sites (N-methyl/N-ethyl adjacent to an activating group) is 1. The highest BCUT2D eigenvalue weighted by molar-refractivity contribution is 6.07. The lowest BCUT2D eigenvalue weighted by atomic mass is 10.0. The van der Waals surface area contributed by atoms with Crippen molar-refractivity contribution in [1.82, 2.24) is 20.4 Å². The molecule has 0 saturated carbocycles. The van der Waals surface area contributed by atoms with E-state index in [1.165, 1.54) is 24.3 Å². The van der Waals surface area contributed by atoms with Gasteiger partial charge in [-0.2, -0.15) is 0 Å². The molecule has 0 radical (unpaired) electrons. The molecule has 164 valence electrons. The van der Waals surface area contributed by atoms with E-state index in [9.17, 15) is 13.6 Å². The fraction of sp³-hybridized carbons (Fsp3) is 0.208. The second-order valence-corrected chi connectivity index (χ2v) is 7.75. The molecule has 1 unspecified atom stereocenters. The number of fused-ring (bicyclic) bond motifs is 1. The summed E-state index contributed by atoms with van der Waals surface area (Å²) in [6.07, 6.45) is 0. The van der Waals surface area contributed by atoms with Crippen LogP contribution in [0.3, 0.4) is 0 Å². The predicted molar refractivity (Wildman–Crippen MR) is 117 cm³/mol. The molecular weight excluding hydrogens is 414 g/mol. The lowest BCUT2D eigenvalue weighted by Gasteiger charge is -2.25. The average molecular weight is 436 g/mol. The van der Waals surface area contributed by atoms with Crippen molar-refractivity contribution in [2.75, 3.05) is 20.6 Å². The Balaban J connectivity index is 1.66. The molecule has 0 bridgehead atoms. The third-order valence-corrected chi connectivity index (χ3v) is 5.31. The van der Waals surface area contributed by atoms with Gasteiger partial charge >= 0.3 is 0 Å². The van der Waals surface area contributed by atoms with Crippen molar-refractivity contribution in [3.05, 3.63) is 83.1 Å². The van der Waals surface area contributed by atoms with Gasteiger partial charge in [0.1, 0.15) is 11.6 Å². The number of nitrogens with zero attached hydrogens (tertiary/aromatic N) is 3. The Morgan fingerprint density at radius 1 is 1.09 bits per heavy atom. The van der Waals surface area contributed by atoms with Crippen LogP contribution < -0.4 is 5.32 Å². The maximum Gasteiger partial charge on any atom is 0.259 e. The van der Waals surface area contributed by atoms with Gasteiger partial charge in [-0.25, -0.2) is 13.8 Å². The van der Waals surface area contributed by atoms with Crippen molar-refractivity contribution in [2.45, 2.75) is 13.0 Å². The molecule has 0 aliphatic carbocycles. The minimum atomic E-state index is -0.365. The van der Waals surface area contributed by atoms with Gasteiger partial charge in [0.15, 0.2) is 0 Å². The van der Waals surface area contributed by atoms with Crippen LogP contribution in [-0.4, -0.2) is 41.6 Å². The number of pyridine rings is 1. The summed E-state index contributed by atoms with van der Waals surface area (Å²) in [5, 5.41) is 7.39. The van der Waals surface area contributed by atoms with Gasteiger partial charge in [-0.3, -0.25) is 4.79 Å². The molecule has 1 amide bonds. The van der Waals surface area contributed by atoms with Crippen LogP contribution in [0.1, 0.15) is 27.7 Å². The number of nitrogens with one attached hydrogen (secondary N) is 1. The summed E-state index contributed by atoms with van der Waals surface area (Å²) in [6.45, 7) is 1.99. The Morgan fingerprint density at radius 3 is 2.53 bits per heavy atom. The van der Waals surface area contributed by atoms with Crippen molar-refractivity contribution >= 4 is 17.0 Å². The van der Waals surface area contributed by atoms with E-state index in [4.69, 9.17) is 4.52 Å². The van der Waals surface area contributed by atoms with Crippen molar-refractivity contribution in [1.29, 1.82) is 0 Å². The van der Waals surface area contributed by atoms with Crippen molar-refractivity contribution < 1.29 is 18.1 Å². The quantitative estimate of drug-likeness (QED) is 0.482. The van der Waals surface area contributed by atoms with Crippen LogP contribution in [-0.2, 0) is 0 Å². The standard InChI is InChI=1S/C24H22F2N4O2/c1-14-22-19(12-20(28-24(22)32-29-14)15-7-9-17(25)10-8-15)23(31)27-13-21(30(2)3)16-5-4-6-18(26)11-16/h4-12,21H,13H2,1-3H3,(H,27,31). The topological polar surface area (TPSA) is 71.3 Å². The molecule has 2 heterocycles. The van der Waals surface area contributed by atoms with Gasteiger partial charge in [-0.05, 0) is 69.0 Å². The number of carbonyl (C=O) groups excluding carboxylic acids is 1. The minimum Gasteiger partial charge on any atom is -0.350 e. The molecule has 8 heteroatoms. The van der Waals surface area contributed by atoms with Gasteiger partial charge < -0.3 is 14.7 Å². The Kier molecular flexibility index (Phi) is 5.96. The zero-order chi connectivity index (χ0) is 22.8. The molecule has 2 aromatic carbocycles. The summed E-state index contributed by atoms with van der Waals surface area (Å²) in [7, 11) is 3.73. The van der Waals surface area contributed by atoms with Crippen LogP contribution in [0.25, 0.3) is 22.4 Å². The number of benzene rings is 2. The summed E-state index contributed by atoms with van der Waals surface area (Å²) in [5.41, 5.74) is 2.98. The van der Waals surface area contributed by atoms with Crippen molar-refractivity contribution in [3.8, 4) is 11.3 Å². The van der Waals surface area contributed by atoms with Crippen LogP contribution in [0.4, 0.5) is 8.78 Å². The smallest absolute Gasteiger partial charge is 0.259 e. The highest BCUT2D eigenvalue weighted by Crippen LogP contribution is 2.27. The Hall–Kier alpha value is -3.65. The molecule has 4 aromatic rings. The number of halogens is 2. The first kappa shape index (κ1) is 21.6. The molecule has 0 aliphatic heterocycles. The number of aromatic nitrogens is 2. The lowest BCUT2D eigenvalue weighted by Crippen LogP contribution is -2.34. The van der Waals surface area contributed by atoms with Gasteiger partial charge in [0.25, 0.3) is 11.6 Å². The minimum absolute atomic E-state index is 0.226. The van der Waals surface area contributed by atoms with Gasteiger partial charge in [0.05, 0.1) is 28.4 Å². The zero-order valence-electron chi connectivity index (χ0n) is 17.9. The number of rotatable bonds is 6. The van der Waals surface area contributed by atoms with Crippen LogP contribution in [0.2, 0.25) is 0 Å². The normalized spacial score (nSPS) is 12.3. The Labute approximate surface area is 183 Å². The van der Waals surface area contributed by atoms with Gasteiger partial charge in [0, 0.05) is 12.1 Å². The molecule has 0 saturated heterocycles. The molecule has 0 fully saturated rings. The van der Waals surface area contributed by atoms with E-state index in [1.807, 2.05) is 25.1 Å². The van der Waals surface area contributed by atoms with E-state index >= 15 is 0 Å². The summed E-state index contributed by atoms with van der Waals surface area (Å²) in [5.74, 6) is -1.04. The monoisotopic (exact) mass is 436 g/mol. The van der Waals surface area contributed by atoms with Gasteiger partial charge in [0.2, 0.25) is 0 Å². The molecule has 1 N–H and O–H groups in total. The fourth-order valence-corrected chi connectivity index (χ4v) is 3.64. The lowest BCUT2D eigenvalue weighted by molar-refractivity contribution is 0.0943. The van der Waals surface area contributed by atoms with Gasteiger partial charge in [-0.1, -0.05) is 17.3 Å². The number of aryl methyl sites for hydroxylation is 1. The maximum atomic E-state index is 13.7. The van der Waals surface area contributed by atoms with E-state index in [-0.39, 0.29) is 35.8 Å². The van der Waals surface area contributed by atoms with E-state index < -0.39 is 0 Å². The average Bonchev–Trinajstić information content (AvgIpc) is 3.14. The molecule has 0 spiro atoms. The van der Waals surface area contributed by atoms with Crippen LogP contribution >= 0.6 is 0 Å². The summed E-state index contributed by atoms with van der Waals surface area (Å²) < 4.78 is 32.4. The van der Waals surface area contributed by atoms with E-state index in [0.717, 1.165) is 5.56 Å². The van der Waals surface area contributed by atoms with Crippen LogP contribution in [0, 0.1) is 18.6 Å². The second-order valence-electron chi connectivity index (χ2n) is 7.75. The second kappa shape index (κ2) is 8.84. The van der Waals surface area contributed by atoms with E-state index in [0.29, 0.717) is 27.9 Å². The van der Waals surface area contributed by atoms with E-state index in [1.54, 1.807) is 31.2 Å². The highest BCUT2D eigenvalue weighted by atomic mass is 19.1. The van der Waals surface area contributed by atoms with Gasteiger partial charge in [-0.15, -0.1) is 0 Å². The largest absolute Gasteiger partial charge is 0.350 e. The third-order valence-electron chi connectivity index (χ3n) is 5.31. The molecular formula is C24H22F2N4O2. The molecule has 2 aromatic heterocycles. The zero-order valence-corrected chi connectivity index (χ0v) is 17.9. The van der Waals surface area contributed by atoms with Crippen LogP contribution in [0.5, 0.6) is 0 Å². The predicted octanol–water partition coefficient (Wildman–Crippen LogP) is 4.51. The van der Waals surface area contributed by atoms with Crippen molar-refractivity contribution in [3.63, 3.8) is 0 Å². The highest BCUT2D eigenvalue weighted by Gasteiger charge is 2.21. The number of hydrogen-bond donors (Lipinski definition) is 1. The maximum absolute atomic E-state index is 13.7. The van der Waals surface area contributed by atoms with Crippen LogP contribution in [0.15, 0.2) is 59.1 Å². The first-order chi connectivity index (χ1) is 15.3. The molecule has 0 aliphatic rings. The number of hydrogen-bond acceptors (Lipinski definition) is 5. The number of amides is 1.